The third-order valence-corrected chi connectivity index (χ3v) is 7.31. The van der Waals surface area contributed by atoms with Gasteiger partial charge >= 0.3 is 0 Å². The first-order chi connectivity index (χ1) is 14.9. The summed E-state index contributed by atoms with van der Waals surface area (Å²) in [5, 5.41) is 2.86. The monoisotopic (exact) mass is 439 g/mol. The molecule has 0 aliphatic carbocycles. The molecule has 2 heterocycles. The minimum atomic E-state index is -3.70. The minimum Gasteiger partial charge on any atom is -0.444 e. The number of nitrogens with zero attached hydrogens (tertiary/aromatic N) is 2. The Morgan fingerprint density at radius 3 is 2.65 bits per heavy atom. The molecular weight excluding hydrogens is 414 g/mol. The molecule has 0 saturated carbocycles. The molecule has 8 heteroatoms. The molecule has 4 rings (SSSR count). The van der Waals surface area contributed by atoms with Crippen LogP contribution in [0.15, 0.2) is 70.2 Å². The number of amides is 1. The Morgan fingerprint density at radius 1 is 1.16 bits per heavy atom. The average molecular weight is 440 g/mol. The summed E-state index contributed by atoms with van der Waals surface area (Å²) in [7, 11) is -3.70. The van der Waals surface area contributed by atoms with Crippen LogP contribution in [0.25, 0.3) is 11.5 Å². The predicted molar refractivity (Wildman–Crippen MR) is 117 cm³/mol. The summed E-state index contributed by atoms with van der Waals surface area (Å²) in [6, 6.07) is 15.4. The highest BCUT2D eigenvalue weighted by molar-refractivity contribution is 7.89. The van der Waals surface area contributed by atoms with E-state index in [-0.39, 0.29) is 10.8 Å². The van der Waals surface area contributed by atoms with Crippen molar-refractivity contribution in [3.05, 3.63) is 72.1 Å². The largest absolute Gasteiger partial charge is 0.444 e. The first-order valence-electron chi connectivity index (χ1n) is 10.3. The second-order valence-corrected chi connectivity index (χ2v) is 9.53. The number of hydrogen-bond acceptors (Lipinski definition) is 5. The van der Waals surface area contributed by atoms with Crippen molar-refractivity contribution < 1.29 is 17.6 Å². The number of carbonyl (C=O) groups excluding carboxylic acids is 1. The van der Waals surface area contributed by atoms with E-state index in [9.17, 15) is 13.2 Å². The van der Waals surface area contributed by atoms with Crippen LogP contribution in [-0.2, 0) is 21.2 Å². The van der Waals surface area contributed by atoms with Gasteiger partial charge < -0.3 is 9.73 Å². The van der Waals surface area contributed by atoms with Gasteiger partial charge in [0.2, 0.25) is 21.8 Å². The van der Waals surface area contributed by atoms with Gasteiger partial charge in [-0.15, -0.1) is 0 Å². The Kier molecular flexibility index (Phi) is 6.20. The smallest absolute Gasteiger partial charge is 0.243 e. The van der Waals surface area contributed by atoms with Crippen molar-refractivity contribution in [1.29, 1.82) is 0 Å². The topological polar surface area (TPSA) is 92.5 Å². The molecule has 1 saturated heterocycles. The minimum absolute atomic E-state index is 0.209. The van der Waals surface area contributed by atoms with E-state index in [0.717, 1.165) is 16.8 Å². The van der Waals surface area contributed by atoms with Gasteiger partial charge in [0.15, 0.2) is 0 Å². The van der Waals surface area contributed by atoms with Crippen LogP contribution < -0.4 is 5.32 Å². The molecule has 0 spiro atoms. The molecule has 7 nitrogen and oxygen atoms in total. The molecule has 1 unspecified atom stereocenters. The van der Waals surface area contributed by atoms with E-state index in [1.807, 2.05) is 31.2 Å². The number of aryl methyl sites for hydroxylation is 1. The predicted octanol–water partition coefficient (Wildman–Crippen LogP) is 3.16. The van der Waals surface area contributed by atoms with Gasteiger partial charge in [-0.3, -0.25) is 4.79 Å². The highest BCUT2D eigenvalue weighted by Crippen LogP contribution is 2.26. The molecule has 0 radical (unpaired) electrons. The second kappa shape index (κ2) is 9.03. The first kappa shape index (κ1) is 21.3. The van der Waals surface area contributed by atoms with E-state index in [1.54, 1.807) is 36.6 Å². The summed E-state index contributed by atoms with van der Waals surface area (Å²) in [5.41, 5.74) is 2.79. The number of oxazole rings is 1. The van der Waals surface area contributed by atoms with Crippen molar-refractivity contribution in [3.8, 4) is 11.5 Å². The van der Waals surface area contributed by atoms with Crippen LogP contribution in [0, 0.1) is 6.92 Å². The van der Waals surface area contributed by atoms with E-state index >= 15 is 0 Å². The van der Waals surface area contributed by atoms with Crippen molar-refractivity contribution in [2.24, 2.45) is 0 Å². The number of nitrogens with one attached hydrogen (secondary N) is 1. The average Bonchev–Trinajstić information content (AvgIpc) is 3.45. The molecule has 1 N–H and O–H groups in total. The van der Waals surface area contributed by atoms with E-state index in [2.05, 4.69) is 10.3 Å². The van der Waals surface area contributed by atoms with E-state index < -0.39 is 16.1 Å². The summed E-state index contributed by atoms with van der Waals surface area (Å²) in [4.78, 5) is 17.4. The molecule has 162 valence electrons. The number of sulfonamides is 1. The lowest BCUT2D eigenvalue weighted by molar-refractivity contribution is -0.124. The summed E-state index contributed by atoms with van der Waals surface area (Å²) in [5.74, 6) is 0.261. The third-order valence-electron chi connectivity index (χ3n) is 5.39. The maximum absolute atomic E-state index is 12.9. The van der Waals surface area contributed by atoms with Crippen LogP contribution in [0.5, 0.6) is 0 Å². The highest BCUT2D eigenvalue weighted by Gasteiger charge is 2.39. The zero-order valence-electron chi connectivity index (χ0n) is 17.3. The molecule has 1 fully saturated rings. The molecule has 1 aliphatic heterocycles. The highest BCUT2D eigenvalue weighted by atomic mass is 32.2. The molecular formula is C23H25N3O4S. The quantitative estimate of drug-likeness (QED) is 0.610. The normalized spacial score (nSPS) is 17.0. The lowest BCUT2D eigenvalue weighted by atomic mass is 10.1. The SMILES string of the molecule is Cc1ccc(-c2nc(CCNC(=O)C3CCCN3S(=O)(=O)c3ccccc3)co2)cc1. The maximum Gasteiger partial charge on any atom is 0.243 e. The molecule has 2 aromatic carbocycles. The molecule has 1 aliphatic rings. The van der Waals surface area contributed by atoms with Gasteiger partial charge in [-0.05, 0) is 44.0 Å². The Balaban J connectivity index is 1.35. The van der Waals surface area contributed by atoms with Gasteiger partial charge in [-0.1, -0.05) is 35.9 Å². The molecule has 1 amide bonds. The van der Waals surface area contributed by atoms with Crippen LogP contribution in [0.3, 0.4) is 0 Å². The zero-order valence-corrected chi connectivity index (χ0v) is 18.1. The fourth-order valence-corrected chi connectivity index (χ4v) is 5.38. The summed E-state index contributed by atoms with van der Waals surface area (Å²) < 4.78 is 32.7. The Bertz CT molecular complexity index is 1140. The van der Waals surface area contributed by atoms with Gasteiger partial charge in [-0.2, -0.15) is 4.31 Å². The summed E-state index contributed by atoms with van der Waals surface area (Å²) >= 11 is 0. The standard InChI is InChI=1S/C23H25N3O4S/c1-17-9-11-18(12-10-17)23-25-19(16-30-23)13-14-24-22(27)21-8-5-15-26(21)31(28,29)20-6-3-2-4-7-20/h2-4,6-7,9-12,16,21H,5,8,13-15H2,1H3,(H,24,27). The van der Waals surface area contributed by atoms with E-state index in [0.29, 0.717) is 38.2 Å². The number of aromatic nitrogens is 1. The first-order valence-corrected chi connectivity index (χ1v) is 11.8. The Hall–Kier alpha value is -2.97. The van der Waals surface area contributed by atoms with Crippen LogP contribution in [-0.4, -0.2) is 42.7 Å². The molecule has 1 atom stereocenters. The summed E-state index contributed by atoms with van der Waals surface area (Å²) in [6.07, 6.45) is 3.26. The van der Waals surface area contributed by atoms with Crippen LogP contribution in [0.1, 0.15) is 24.1 Å². The van der Waals surface area contributed by atoms with Crippen LogP contribution in [0.4, 0.5) is 0 Å². The third kappa shape index (κ3) is 4.70. The molecule has 31 heavy (non-hydrogen) atoms. The molecule has 1 aromatic heterocycles. The van der Waals surface area contributed by atoms with E-state index in [4.69, 9.17) is 4.42 Å². The van der Waals surface area contributed by atoms with Gasteiger partial charge in [-0.25, -0.2) is 13.4 Å². The van der Waals surface area contributed by atoms with Gasteiger partial charge in [0, 0.05) is 25.1 Å². The molecule has 0 bridgehead atoms. The molecule has 3 aromatic rings. The lowest BCUT2D eigenvalue weighted by Crippen LogP contribution is -2.46. The van der Waals surface area contributed by atoms with Crippen molar-refractivity contribution in [2.45, 2.75) is 37.1 Å². The van der Waals surface area contributed by atoms with Crippen LogP contribution >= 0.6 is 0 Å². The fourth-order valence-electron chi connectivity index (χ4n) is 3.70. The van der Waals surface area contributed by atoms with Crippen molar-refractivity contribution in [2.75, 3.05) is 13.1 Å². The lowest BCUT2D eigenvalue weighted by Gasteiger charge is -2.23. The van der Waals surface area contributed by atoms with Gasteiger partial charge in [0.25, 0.3) is 0 Å². The Morgan fingerprint density at radius 2 is 1.90 bits per heavy atom. The van der Waals surface area contributed by atoms with Crippen molar-refractivity contribution >= 4 is 15.9 Å². The number of rotatable bonds is 7. The summed E-state index contributed by atoms with van der Waals surface area (Å²) in [6.45, 7) is 2.72. The maximum atomic E-state index is 12.9. The Labute approximate surface area is 182 Å². The second-order valence-electron chi connectivity index (χ2n) is 7.64. The van der Waals surface area contributed by atoms with Gasteiger partial charge in [0.05, 0.1) is 10.6 Å². The van der Waals surface area contributed by atoms with Crippen LogP contribution in [0.2, 0.25) is 0 Å². The van der Waals surface area contributed by atoms with E-state index in [1.165, 1.54) is 4.31 Å². The number of hydrogen-bond donors (Lipinski definition) is 1. The van der Waals surface area contributed by atoms with Crippen molar-refractivity contribution in [3.63, 3.8) is 0 Å². The number of benzene rings is 2. The number of carbonyl (C=O) groups is 1. The zero-order chi connectivity index (χ0) is 21.8. The fraction of sp³-hybridized carbons (Fsp3) is 0.304. The van der Waals surface area contributed by atoms with Crippen molar-refractivity contribution in [1.82, 2.24) is 14.6 Å². The van der Waals surface area contributed by atoms with Gasteiger partial charge in [0.1, 0.15) is 12.3 Å².